The zero-order valence-electron chi connectivity index (χ0n) is 13.9. The molecule has 0 aliphatic carbocycles. The number of fused-ring (bicyclic) bond motifs is 1. The SMILES string of the molecule is CCc1ccc(C(=O)C[C@]2(O)C(=O)Nc3ccc(CC)cc32)cc1. The molecule has 0 fully saturated rings. The van der Waals surface area contributed by atoms with E-state index in [1.165, 1.54) is 0 Å². The average Bonchev–Trinajstić information content (AvgIpc) is 2.85. The van der Waals surface area contributed by atoms with Crippen LogP contribution in [0.2, 0.25) is 0 Å². The van der Waals surface area contributed by atoms with E-state index in [0.29, 0.717) is 16.8 Å². The minimum absolute atomic E-state index is 0.245. The number of Topliss-reactive ketones (excluding diaryl/α,β-unsaturated/α-hetero) is 1. The maximum atomic E-state index is 12.6. The third-order valence-corrected chi connectivity index (χ3v) is 4.66. The van der Waals surface area contributed by atoms with Crippen molar-refractivity contribution in [2.75, 3.05) is 5.32 Å². The number of nitrogens with one attached hydrogen (secondary N) is 1. The van der Waals surface area contributed by atoms with Crippen LogP contribution < -0.4 is 5.32 Å². The molecule has 0 unspecified atom stereocenters. The summed E-state index contributed by atoms with van der Waals surface area (Å²) in [5.74, 6) is -0.783. The van der Waals surface area contributed by atoms with Crippen molar-refractivity contribution in [2.45, 2.75) is 38.7 Å². The van der Waals surface area contributed by atoms with E-state index in [9.17, 15) is 14.7 Å². The van der Waals surface area contributed by atoms with Crippen molar-refractivity contribution < 1.29 is 14.7 Å². The van der Waals surface area contributed by atoms with E-state index in [-0.39, 0.29) is 12.2 Å². The second kappa shape index (κ2) is 6.21. The lowest BCUT2D eigenvalue weighted by Crippen LogP contribution is -2.36. The molecule has 0 saturated carbocycles. The van der Waals surface area contributed by atoms with Gasteiger partial charge in [0.25, 0.3) is 5.91 Å². The normalized spacial score (nSPS) is 19.0. The largest absolute Gasteiger partial charge is 0.375 e. The summed E-state index contributed by atoms with van der Waals surface area (Å²) in [7, 11) is 0. The number of aliphatic hydroxyl groups is 1. The predicted octanol–water partition coefficient (Wildman–Crippen LogP) is 3.22. The van der Waals surface area contributed by atoms with Crippen LogP contribution in [0.25, 0.3) is 0 Å². The van der Waals surface area contributed by atoms with Crippen LogP contribution in [-0.2, 0) is 23.2 Å². The molecule has 0 saturated heterocycles. The zero-order valence-corrected chi connectivity index (χ0v) is 13.9. The molecule has 1 heterocycles. The summed E-state index contributed by atoms with van der Waals surface area (Å²) >= 11 is 0. The first-order valence-corrected chi connectivity index (χ1v) is 8.27. The quantitative estimate of drug-likeness (QED) is 0.830. The van der Waals surface area contributed by atoms with Crippen LogP contribution in [0.1, 0.15) is 47.3 Å². The summed E-state index contributed by atoms with van der Waals surface area (Å²) < 4.78 is 0. The molecule has 2 aromatic rings. The summed E-state index contributed by atoms with van der Waals surface area (Å²) in [6.07, 6.45) is 1.43. The van der Waals surface area contributed by atoms with Crippen LogP contribution in [0.4, 0.5) is 5.69 Å². The molecule has 0 spiro atoms. The Balaban J connectivity index is 1.91. The molecule has 1 atom stereocenters. The Morgan fingerprint density at radius 1 is 1.04 bits per heavy atom. The molecule has 124 valence electrons. The number of anilines is 1. The number of amides is 1. The number of hydrogen-bond donors (Lipinski definition) is 2. The van der Waals surface area contributed by atoms with Crippen LogP contribution in [0.5, 0.6) is 0 Å². The number of hydrogen-bond acceptors (Lipinski definition) is 3. The molecule has 4 heteroatoms. The molecule has 4 nitrogen and oxygen atoms in total. The van der Waals surface area contributed by atoms with Gasteiger partial charge < -0.3 is 10.4 Å². The molecule has 1 amide bonds. The Bertz CT molecular complexity index is 795. The van der Waals surface area contributed by atoms with E-state index < -0.39 is 11.5 Å². The van der Waals surface area contributed by atoms with Crippen LogP contribution in [0.3, 0.4) is 0 Å². The molecule has 24 heavy (non-hydrogen) atoms. The van der Waals surface area contributed by atoms with Gasteiger partial charge in [-0.2, -0.15) is 0 Å². The van der Waals surface area contributed by atoms with Gasteiger partial charge in [-0.3, -0.25) is 9.59 Å². The van der Waals surface area contributed by atoms with E-state index >= 15 is 0 Å². The summed E-state index contributed by atoms with van der Waals surface area (Å²) in [6.45, 7) is 4.05. The topological polar surface area (TPSA) is 66.4 Å². The second-order valence-electron chi connectivity index (χ2n) is 6.20. The maximum absolute atomic E-state index is 12.6. The van der Waals surface area contributed by atoms with E-state index in [1.807, 2.05) is 32.0 Å². The number of carbonyl (C=O) groups is 2. The second-order valence-corrected chi connectivity index (χ2v) is 6.20. The molecule has 0 aromatic heterocycles. The smallest absolute Gasteiger partial charge is 0.261 e. The first-order valence-electron chi connectivity index (χ1n) is 8.27. The number of carbonyl (C=O) groups excluding carboxylic acids is 2. The third-order valence-electron chi connectivity index (χ3n) is 4.66. The van der Waals surface area contributed by atoms with Gasteiger partial charge in [0.15, 0.2) is 11.4 Å². The Hall–Kier alpha value is -2.46. The maximum Gasteiger partial charge on any atom is 0.261 e. The minimum Gasteiger partial charge on any atom is -0.375 e. The molecule has 1 aliphatic rings. The first-order chi connectivity index (χ1) is 11.5. The fourth-order valence-electron chi connectivity index (χ4n) is 3.05. The highest BCUT2D eigenvalue weighted by Crippen LogP contribution is 2.39. The van der Waals surface area contributed by atoms with E-state index in [4.69, 9.17) is 0 Å². The predicted molar refractivity (Wildman–Crippen MR) is 93.1 cm³/mol. The average molecular weight is 323 g/mol. The van der Waals surface area contributed by atoms with Gasteiger partial charge in [-0.25, -0.2) is 0 Å². The Morgan fingerprint density at radius 3 is 2.29 bits per heavy atom. The monoisotopic (exact) mass is 323 g/mol. The van der Waals surface area contributed by atoms with Crippen molar-refractivity contribution in [3.63, 3.8) is 0 Å². The molecule has 0 bridgehead atoms. The van der Waals surface area contributed by atoms with Crippen LogP contribution >= 0.6 is 0 Å². The van der Waals surface area contributed by atoms with Crippen LogP contribution in [-0.4, -0.2) is 16.8 Å². The number of aryl methyl sites for hydroxylation is 2. The lowest BCUT2D eigenvalue weighted by molar-refractivity contribution is -0.133. The first kappa shape index (κ1) is 16.4. The fraction of sp³-hybridized carbons (Fsp3) is 0.300. The number of ketones is 1. The molecule has 3 rings (SSSR count). The molecule has 2 N–H and O–H groups in total. The molecule has 0 radical (unpaired) electrons. The fourth-order valence-corrected chi connectivity index (χ4v) is 3.05. The van der Waals surface area contributed by atoms with Crippen molar-refractivity contribution in [1.29, 1.82) is 0 Å². The summed E-state index contributed by atoms with van der Waals surface area (Å²) in [6, 6.07) is 12.8. The lowest BCUT2D eigenvalue weighted by atomic mass is 9.87. The van der Waals surface area contributed by atoms with Crippen molar-refractivity contribution in [3.8, 4) is 0 Å². The lowest BCUT2D eigenvalue weighted by Gasteiger charge is -2.20. The van der Waals surface area contributed by atoms with Gasteiger partial charge in [0.2, 0.25) is 0 Å². The van der Waals surface area contributed by atoms with Gasteiger partial charge in [0, 0.05) is 16.8 Å². The van der Waals surface area contributed by atoms with Crippen molar-refractivity contribution in [3.05, 3.63) is 64.7 Å². The van der Waals surface area contributed by atoms with Gasteiger partial charge in [0.05, 0.1) is 6.42 Å². The molecule has 1 aliphatic heterocycles. The van der Waals surface area contributed by atoms with E-state index in [1.54, 1.807) is 24.3 Å². The highest BCUT2D eigenvalue weighted by Gasteiger charge is 2.46. The van der Waals surface area contributed by atoms with Crippen molar-refractivity contribution >= 4 is 17.4 Å². The molecular weight excluding hydrogens is 302 g/mol. The van der Waals surface area contributed by atoms with Gasteiger partial charge in [-0.1, -0.05) is 50.2 Å². The van der Waals surface area contributed by atoms with E-state index in [2.05, 4.69) is 5.32 Å². The Morgan fingerprint density at radius 2 is 1.67 bits per heavy atom. The number of rotatable bonds is 5. The van der Waals surface area contributed by atoms with Gasteiger partial charge >= 0.3 is 0 Å². The summed E-state index contributed by atoms with van der Waals surface area (Å²) in [5.41, 5.74) is 1.93. The van der Waals surface area contributed by atoms with Gasteiger partial charge in [0.1, 0.15) is 0 Å². The third kappa shape index (κ3) is 2.74. The number of benzene rings is 2. The van der Waals surface area contributed by atoms with Gasteiger partial charge in [-0.15, -0.1) is 0 Å². The van der Waals surface area contributed by atoms with Crippen molar-refractivity contribution in [1.82, 2.24) is 0 Å². The van der Waals surface area contributed by atoms with Gasteiger partial charge in [-0.05, 0) is 30.0 Å². The highest BCUT2D eigenvalue weighted by molar-refractivity contribution is 6.09. The summed E-state index contributed by atoms with van der Waals surface area (Å²) in [5, 5.41) is 13.6. The van der Waals surface area contributed by atoms with Crippen LogP contribution in [0, 0.1) is 0 Å². The van der Waals surface area contributed by atoms with Crippen LogP contribution in [0.15, 0.2) is 42.5 Å². The Labute approximate surface area is 141 Å². The molecular formula is C20H21NO3. The Kier molecular flexibility index (Phi) is 4.24. The summed E-state index contributed by atoms with van der Waals surface area (Å²) in [4.78, 5) is 24.9. The minimum atomic E-state index is -1.80. The van der Waals surface area contributed by atoms with E-state index in [0.717, 1.165) is 24.0 Å². The molecule has 2 aromatic carbocycles. The highest BCUT2D eigenvalue weighted by atomic mass is 16.3. The van der Waals surface area contributed by atoms with Crippen molar-refractivity contribution in [2.24, 2.45) is 0 Å². The zero-order chi connectivity index (χ0) is 17.3. The standard InChI is InChI=1S/C20H21NO3/c1-3-13-5-8-15(9-6-13)18(22)12-20(24)16-11-14(4-2)7-10-17(16)21-19(20)23/h5-11,24H,3-4,12H2,1-2H3,(H,21,23)/t20-/m1/s1.